The van der Waals surface area contributed by atoms with E-state index >= 15 is 0 Å². The molecule has 4 heteroatoms. The monoisotopic (exact) mass is 312 g/mol. The van der Waals surface area contributed by atoms with Crippen molar-refractivity contribution < 1.29 is 4.79 Å². The molecule has 21 heavy (non-hydrogen) atoms. The van der Waals surface area contributed by atoms with Gasteiger partial charge in [0.25, 0.3) is 0 Å². The molecule has 0 heterocycles. The molecule has 1 aromatic carbocycles. The normalized spacial score (nSPS) is 11.5. The minimum absolute atomic E-state index is 0. The van der Waals surface area contributed by atoms with Crippen molar-refractivity contribution in [3.8, 4) is 0 Å². The molecule has 0 aliphatic heterocycles. The lowest BCUT2D eigenvalue weighted by Crippen LogP contribution is -2.28. The Hall–Kier alpha value is -1.06. The van der Waals surface area contributed by atoms with Gasteiger partial charge in [-0.2, -0.15) is 0 Å². The summed E-state index contributed by atoms with van der Waals surface area (Å²) >= 11 is 0. The van der Waals surface area contributed by atoms with Gasteiger partial charge in [0.1, 0.15) is 0 Å². The highest BCUT2D eigenvalue weighted by molar-refractivity contribution is 5.85. The highest BCUT2D eigenvalue weighted by atomic mass is 35.5. The summed E-state index contributed by atoms with van der Waals surface area (Å²) in [5.41, 5.74) is 6.75. The molecule has 120 valence electrons. The van der Waals surface area contributed by atoms with Crippen LogP contribution in [0.4, 0.5) is 0 Å². The van der Waals surface area contributed by atoms with Crippen molar-refractivity contribution in [1.29, 1.82) is 0 Å². The number of nitrogens with two attached hydrogens (primary N) is 1. The zero-order valence-electron chi connectivity index (χ0n) is 13.0. The molecule has 0 aromatic heterocycles. The lowest BCUT2D eigenvalue weighted by molar-refractivity contribution is -0.121. The molecule has 1 rings (SSSR count). The zero-order valence-corrected chi connectivity index (χ0v) is 13.8. The molecule has 0 spiro atoms. The molecule has 0 aliphatic carbocycles. The lowest BCUT2D eigenvalue weighted by atomic mass is 9.96. The predicted octanol–water partition coefficient (Wildman–Crippen LogP) is 3.63. The van der Waals surface area contributed by atoms with Crippen molar-refractivity contribution in [2.45, 2.75) is 51.4 Å². The largest absolute Gasteiger partial charge is 0.355 e. The average molecular weight is 313 g/mol. The quantitative estimate of drug-likeness (QED) is 0.648. The van der Waals surface area contributed by atoms with Crippen molar-refractivity contribution in [1.82, 2.24) is 5.32 Å². The van der Waals surface area contributed by atoms with E-state index in [2.05, 4.69) is 36.5 Å². The molecule has 0 bridgehead atoms. The molecule has 0 radical (unpaired) electrons. The summed E-state index contributed by atoms with van der Waals surface area (Å²) in [5, 5.41) is 3.06. The van der Waals surface area contributed by atoms with Gasteiger partial charge in [-0.05, 0) is 31.4 Å². The molecule has 3 N–H and O–H groups in total. The van der Waals surface area contributed by atoms with E-state index in [1.165, 1.54) is 5.56 Å². The van der Waals surface area contributed by atoms with Crippen molar-refractivity contribution in [2.24, 2.45) is 5.73 Å². The van der Waals surface area contributed by atoms with Gasteiger partial charge in [-0.1, -0.05) is 50.1 Å². The molecule has 1 aromatic rings. The minimum Gasteiger partial charge on any atom is -0.355 e. The number of amides is 1. The standard InChI is InChI=1S/C17H28N2O.ClH/c1-2-15(16-10-6-5-7-11-16)14-19-17(20)12-8-3-4-9-13-18;/h5-7,10-11,15H,2-4,8-9,12-14,18H2,1H3,(H,19,20);1H. The van der Waals surface area contributed by atoms with Gasteiger partial charge < -0.3 is 11.1 Å². The molecular weight excluding hydrogens is 284 g/mol. The van der Waals surface area contributed by atoms with Crippen LogP contribution >= 0.6 is 12.4 Å². The van der Waals surface area contributed by atoms with E-state index in [0.29, 0.717) is 12.3 Å². The highest BCUT2D eigenvalue weighted by Crippen LogP contribution is 2.18. The first-order valence-corrected chi connectivity index (χ1v) is 7.79. The number of benzene rings is 1. The summed E-state index contributed by atoms with van der Waals surface area (Å²) in [6, 6.07) is 10.4. The highest BCUT2D eigenvalue weighted by Gasteiger charge is 2.10. The van der Waals surface area contributed by atoms with Gasteiger partial charge in [0.15, 0.2) is 0 Å². The van der Waals surface area contributed by atoms with Crippen LogP contribution in [-0.2, 0) is 4.79 Å². The molecule has 3 nitrogen and oxygen atoms in total. The zero-order chi connectivity index (χ0) is 14.6. The van der Waals surface area contributed by atoms with Crippen molar-refractivity contribution in [3.05, 3.63) is 35.9 Å². The van der Waals surface area contributed by atoms with Gasteiger partial charge >= 0.3 is 0 Å². The number of carbonyl (C=O) groups excluding carboxylic acids is 1. The second-order valence-electron chi connectivity index (χ2n) is 5.27. The smallest absolute Gasteiger partial charge is 0.220 e. The van der Waals surface area contributed by atoms with Gasteiger partial charge in [-0.15, -0.1) is 12.4 Å². The van der Waals surface area contributed by atoms with Crippen LogP contribution in [0.3, 0.4) is 0 Å². The fourth-order valence-electron chi connectivity index (χ4n) is 2.33. The number of unbranched alkanes of at least 4 members (excludes halogenated alkanes) is 3. The third-order valence-corrected chi connectivity index (χ3v) is 3.67. The number of rotatable bonds is 10. The lowest BCUT2D eigenvalue weighted by Gasteiger charge is -2.16. The minimum atomic E-state index is 0. The molecule has 1 amide bonds. The number of nitrogens with one attached hydrogen (secondary N) is 1. The maximum absolute atomic E-state index is 11.8. The Morgan fingerprint density at radius 1 is 1.14 bits per heavy atom. The maximum atomic E-state index is 11.8. The number of halogens is 1. The van der Waals surface area contributed by atoms with Crippen LogP contribution in [0.1, 0.15) is 56.9 Å². The van der Waals surface area contributed by atoms with Gasteiger partial charge in [0.2, 0.25) is 5.91 Å². The van der Waals surface area contributed by atoms with E-state index < -0.39 is 0 Å². The summed E-state index contributed by atoms with van der Waals surface area (Å²) in [6.07, 6.45) is 5.93. The first-order chi connectivity index (χ1) is 9.77. The summed E-state index contributed by atoms with van der Waals surface area (Å²) < 4.78 is 0. The fraction of sp³-hybridized carbons (Fsp3) is 0.588. The maximum Gasteiger partial charge on any atom is 0.220 e. The topological polar surface area (TPSA) is 55.1 Å². The van der Waals surface area contributed by atoms with E-state index in [0.717, 1.165) is 45.2 Å². The van der Waals surface area contributed by atoms with Gasteiger partial charge in [0, 0.05) is 18.9 Å². The van der Waals surface area contributed by atoms with Crippen molar-refractivity contribution >= 4 is 18.3 Å². The summed E-state index contributed by atoms with van der Waals surface area (Å²) in [7, 11) is 0. The molecule has 0 saturated carbocycles. The first-order valence-electron chi connectivity index (χ1n) is 7.79. The van der Waals surface area contributed by atoms with Gasteiger partial charge in [-0.25, -0.2) is 0 Å². The Morgan fingerprint density at radius 2 is 1.81 bits per heavy atom. The molecule has 0 fully saturated rings. The van der Waals surface area contributed by atoms with Crippen LogP contribution < -0.4 is 11.1 Å². The molecular formula is C17H29ClN2O. The van der Waals surface area contributed by atoms with Crippen molar-refractivity contribution in [3.63, 3.8) is 0 Å². The van der Waals surface area contributed by atoms with E-state index in [1.807, 2.05) is 6.07 Å². The van der Waals surface area contributed by atoms with Gasteiger partial charge in [0.05, 0.1) is 0 Å². The van der Waals surface area contributed by atoms with E-state index in [1.54, 1.807) is 0 Å². The second-order valence-corrected chi connectivity index (χ2v) is 5.27. The van der Waals surface area contributed by atoms with Crippen LogP contribution in [0.5, 0.6) is 0 Å². The molecule has 0 saturated heterocycles. The van der Waals surface area contributed by atoms with E-state index in [4.69, 9.17) is 5.73 Å². The Labute approximate surface area is 135 Å². The number of carbonyl (C=O) groups is 1. The Bertz CT molecular complexity index is 370. The van der Waals surface area contributed by atoms with Crippen LogP contribution in [0.2, 0.25) is 0 Å². The number of hydrogen-bond donors (Lipinski definition) is 2. The Kier molecular flexibility index (Phi) is 12.0. The second kappa shape index (κ2) is 12.7. The van der Waals surface area contributed by atoms with Gasteiger partial charge in [-0.3, -0.25) is 4.79 Å². The van der Waals surface area contributed by atoms with Crippen LogP contribution in [0.15, 0.2) is 30.3 Å². The van der Waals surface area contributed by atoms with Crippen LogP contribution in [-0.4, -0.2) is 19.0 Å². The fourth-order valence-corrected chi connectivity index (χ4v) is 2.33. The van der Waals surface area contributed by atoms with E-state index in [-0.39, 0.29) is 18.3 Å². The average Bonchev–Trinajstić information content (AvgIpc) is 2.49. The first kappa shape index (κ1) is 19.9. The van der Waals surface area contributed by atoms with Crippen LogP contribution in [0, 0.1) is 0 Å². The Balaban J connectivity index is 0.00000400. The Morgan fingerprint density at radius 3 is 2.43 bits per heavy atom. The van der Waals surface area contributed by atoms with Crippen molar-refractivity contribution in [2.75, 3.05) is 13.1 Å². The summed E-state index contributed by atoms with van der Waals surface area (Å²) in [6.45, 7) is 3.65. The SMILES string of the molecule is CCC(CNC(=O)CCCCCCN)c1ccccc1.Cl. The predicted molar refractivity (Wildman–Crippen MR) is 91.9 cm³/mol. The summed E-state index contributed by atoms with van der Waals surface area (Å²) in [5.74, 6) is 0.588. The molecule has 1 atom stereocenters. The number of hydrogen-bond acceptors (Lipinski definition) is 2. The summed E-state index contributed by atoms with van der Waals surface area (Å²) in [4.78, 5) is 11.8. The third kappa shape index (κ3) is 8.74. The van der Waals surface area contributed by atoms with Crippen LogP contribution in [0.25, 0.3) is 0 Å². The third-order valence-electron chi connectivity index (χ3n) is 3.67. The molecule has 1 unspecified atom stereocenters. The molecule has 0 aliphatic rings. The van der Waals surface area contributed by atoms with E-state index in [9.17, 15) is 4.79 Å².